The summed E-state index contributed by atoms with van der Waals surface area (Å²) in [6, 6.07) is 14.8. The minimum Gasteiger partial charge on any atom is -0.345 e. The third-order valence-corrected chi connectivity index (χ3v) is 4.33. The average Bonchev–Trinajstić information content (AvgIpc) is 2.97. The highest BCUT2D eigenvalue weighted by molar-refractivity contribution is 5.94. The minimum atomic E-state index is -0.335. The van der Waals surface area contributed by atoms with E-state index in [1.807, 2.05) is 60.9 Å². The van der Waals surface area contributed by atoms with Gasteiger partial charge in [-0.25, -0.2) is 4.98 Å². The molecule has 0 saturated carbocycles. The van der Waals surface area contributed by atoms with E-state index in [1.54, 1.807) is 13.0 Å². The van der Waals surface area contributed by atoms with Crippen molar-refractivity contribution < 1.29 is 9.59 Å². The van der Waals surface area contributed by atoms with E-state index in [9.17, 15) is 9.59 Å². The molecule has 0 radical (unpaired) electrons. The van der Waals surface area contributed by atoms with Gasteiger partial charge in [-0.3, -0.25) is 9.59 Å². The smallest absolute Gasteiger partial charge is 0.251 e. The number of nitrogens with one attached hydrogen (secondary N) is 1. The predicted molar refractivity (Wildman–Crippen MR) is 97.5 cm³/mol. The van der Waals surface area contributed by atoms with Crippen molar-refractivity contribution in [2.45, 2.75) is 33.4 Å². The van der Waals surface area contributed by atoms with Gasteiger partial charge in [0.05, 0.1) is 23.6 Å². The molecule has 3 rings (SSSR count). The van der Waals surface area contributed by atoms with Crippen molar-refractivity contribution in [3.8, 4) is 0 Å². The number of benzene rings is 2. The van der Waals surface area contributed by atoms with Gasteiger partial charge in [-0.1, -0.05) is 29.8 Å². The molecule has 1 amide bonds. The highest BCUT2D eigenvalue weighted by atomic mass is 16.1. The Hall–Kier alpha value is -2.95. The number of carbonyl (C=O) groups excluding carboxylic acids is 2. The summed E-state index contributed by atoms with van der Waals surface area (Å²) in [6.07, 6.45) is 0. The molecule has 3 aromatic rings. The number of Topliss-reactive ketones (excluding diaryl/α,β-unsaturated/α-hetero) is 1. The molecule has 2 aromatic carbocycles. The van der Waals surface area contributed by atoms with Gasteiger partial charge in [-0.2, -0.15) is 0 Å². The van der Waals surface area contributed by atoms with Crippen LogP contribution >= 0.6 is 0 Å². The molecule has 0 spiro atoms. The molecule has 1 heterocycles. The van der Waals surface area contributed by atoms with Gasteiger partial charge >= 0.3 is 0 Å². The summed E-state index contributed by atoms with van der Waals surface area (Å²) in [4.78, 5) is 28.9. The van der Waals surface area contributed by atoms with Gasteiger partial charge in [0.1, 0.15) is 5.82 Å². The largest absolute Gasteiger partial charge is 0.345 e. The SMILES string of the molecule is CC(=O)C(C)n1c(CNC(=O)c2cccc(C)c2)nc2ccccc21. The molecule has 128 valence electrons. The first-order chi connectivity index (χ1) is 12.0. The van der Waals surface area contributed by atoms with E-state index in [0.717, 1.165) is 16.6 Å². The van der Waals surface area contributed by atoms with Crippen molar-refractivity contribution in [3.05, 3.63) is 65.5 Å². The Bertz CT molecular complexity index is 943. The van der Waals surface area contributed by atoms with Crippen LogP contribution < -0.4 is 5.32 Å². The molecule has 0 aliphatic heterocycles. The summed E-state index contributed by atoms with van der Waals surface area (Å²) in [5.41, 5.74) is 3.35. The van der Waals surface area contributed by atoms with E-state index in [-0.39, 0.29) is 24.3 Å². The van der Waals surface area contributed by atoms with Crippen molar-refractivity contribution in [2.75, 3.05) is 0 Å². The van der Waals surface area contributed by atoms with E-state index in [1.165, 1.54) is 0 Å². The molecule has 25 heavy (non-hydrogen) atoms. The summed E-state index contributed by atoms with van der Waals surface area (Å²) in [5.74, 6) is 0.567. The topological polar surface area (TPSA) is 64.0 Å². The molecule has 1 unspecified atom stereocenters. The number of hydrogen-bond acceptors (Lipinski definition) is 3. The second-order valence-electron chi connectivity index (χ2n) is 6.23. The van der Waals surface area contributed by atoms with Gasteiger partial charge < -0.3 is 9.88 Å². The van der Waals surface area contributed by atoms with Crippen molar-refractivity contribution in [2.24, 2.45) is 0 Å². The predicted octanol–water partition coefficient (Wildman–Crippen LogP) is 3.42. The van der Waals surface area contributed by atoms with Gasteiger partial charge in [0.2, 0.25) is 0 Å². The lowest BCUT2D eigenvalue weighted by atomic mass is 10.1. The Labute approximate surface area is 146 Å². The normalized spacial score (nSPS) is 12.1. The zero-order chi connectivity index (χ0) is 18.0. The first-order valence-electron chi connectivity index (χ1n) is 8.28. The minimum absolute atomic E-state index is 0.0504. The van der Waals surface area contributed by atoms with E-state index < -0.39 is 0 Å². The molecule has 1 atom stereocenters. The zero-order valence-corrected chi connectivity index (χ0v) is 14.6. The number of ketones is 1. The van der Waals surface area contributed by atoms with Crippen LogP contribution in [-0.2, 0) is 11.3 Å². The van der Waals surface area contributed by atoms with Crippen molar-refractivity contribution in [3.63, 3.8) is 0 Å². The van der Waals surface area contributed by atoms with E-state index in [2.05, 4.69) is 10.3 Å². The zero-order valence-electron chi connectivity index (χ0n) is 14.6. The molecule has 1 aromatic heterocycles. The molecule has 0 saturated heterocycles. The van der Waals surface area contributed by atoms with Crippen LogP contribution in [0.2, 0.25) is 0 Å². The van der Waals surface area contributed by atoms with Crippen LogP contribution in [0.4, 0.5) is 0 Å². The lowest BCUT2D eigenvalue weighted by Gasteiger charge is -2.15. The second-order valence-corrected chi connectivity index (χ2v) is 6.23. The fourth-order valence-corrected chi connectivity index (χ4v) is 2.88. The molecule has 5 nitrogen and oxygen atoms in total. The number of aromatic nitrogens is 2. The van der Waals surface area contributed by atoms with E-state index >= 15 is 0 Å². The highest BCUT2D eigenvalue weighted by Crippen LogP contribution is 2.21. The van der Waals surface area contributed by atoms with Crippen molar-refractivity contribution in [1.29, 1.82) is 0 Å². The summed E-state index contributed by atoms with van der Waals surface area (Å²) in [7, 11) is 0. The first-order valence-corrected chi connectivity index (χ1v) is 8.28. The van der Waals surface area contributed by atoms with Gasteiger partial charge in [-0.15, -0.1) is 0 Å². The number of rotatable bonds is 5. The highest BCUT2D eigenvalue weighted by Gasteiger charge is 2.19. The van der Waals surface area contributed by atoms with Gasteiger partial charge in [0.15, 0.2) is 5.78 Å². The molecule has 5 heteroatoms. The Morgan fingerprint density at radius 1 is 1.16 bits per heavy atom. The number of imidazole rings is 1. The fourth-order valence-electron chi connectivity index (χ4n) is 2.88. The Kier molecular flexibility index (Phi) is 4.65. The lowest BCUT2D eigenvalue weighted by Crippen LogP contribution is -2.26. The Morgan fingerprint density at radius 3 is 2.64 bits per heavy atom. The molecule has 0 fully saturated rings. The number of hydrogen-bond donors (Lipinski definition) is 1. The maximum Gasteiger partial charge on any atom is 0.251 e. The van der Waals surface area contributed by atoms with Crippen LogP contribution in [0.1, 0.15) is 41.6 Å². The Balaban J connectivity index is 1.89. The maximum absolute atomic E-state index is 12.4. The summed E-state index contributed by atoms with van der Waals surface area (Å²) < 4.78 is 1.90. The van der Waals surface area contributed by atoms with Crippen LogP contribution in [0, 0.1) is 6.92 Å². The quantitative estimate of drug-likeness (QED) is 0.777. The van der Waals surface area contributed by atoms with E-state index in [4.69, 9.17) is 0 Å². The van der Waals surface area contributed by atoms with Crippen LogP contribution in [0.25, 0.3) is 11.0 Å². The van der Waals surface area contributed by atoms with Gasteiger partial charge in [-0.05, 0) is 45.0 Å². The van der Waals surface area contributed by atoms with Crippen molar-refractivity contribution >= 4 is 22.7 Å². The summed E-state index contributed by atoms with van der Waals surface area (Å²) in [6.45, 7) is 5.63. The second kappa shape index (κ2) is 6.89. The van der Waals surface area contributed by atoms with Crippen molar-refractivity contribution in [1.82, 2.24) is 14.9 Å². The molecule has 1 N–H and O–H groups in total. The fraction of sp³-hybridized carbons (Fsp3) is 0.250. The number of amides is 1. The van der Waals surface area contributed by atoms with Crippen LogP contribution in [0.5, 0.6) is 0 Å². The van der Waals surface area contributed by atoms with Gasteiger partial charge in [0.25, 0.3) is 5.91 Å². The van der Waals surface area contributed by atoms with Crippen LogP contribution in [0.15, 0.2) is 48.5 Å². The lowest BCUT2D eigenvalue weighted by molar-refractivity contribution is -0.119. The number of para-hydroxylation sites is 2. The standard InChI is InChI=1S/C20H21N3O2/c1-13-7-6-8-16(11-13)20(25)21-12-19-22-17-9-4-5-10-18(17)23(19)14(2)15(3)24/h4-11,14H,12H2,1-3H3,(H,21,25). The molecule has 0 aliphatic rings. The van der Waals surface area contributed by atoms with Crippen LogP contribution in [0.3, 0.4) is 0 Å². The maximum atomic E-state index is 12.4. The van der Waals surface area contributed by atoms with Gasteiger partial charge in [0, 0.05) is 5.56 Å². The third kappa shape index (κ3) is 3.45. The number of carbonyl (C=O) groups is 2. The molecular formula is C20H21N3O2. The number of aryl methyl sites for hydroxylation is 1. The first kappa shape index (κ1) is 16.9. The summed E-state index contributed by atoms with van der Waals surface area (Å²) in [5, 5.41) is 2.90. The average molecular weight is 335 g/mol. The molecular weight excluding hydrogens is 314 g/mol. The molecule has 0 bridgehead atoms. The van der Waals surface area contributed by atoms with E-state index in [0.29, 0.717) is 11.4 Å². The third-order valence-electron chi connectivity index (χ3n) is 4.33. The number of fused-ring (bicyclic) bond motifs is 1. The monoisotopic (exact) mass is 335 g/mol. The number of nitrogens with zero attached hydrogens (tertiary/aromatic N) is 2. The van der Waals surface area contributed by atoms with Crippen LogP contribution in [-0.4, -0.2) is 21.2 Å². The molecule has 0 aliphatic carbocycles. The summed E-state index contributed by atoms with van der Waals surface area (Å²) >= 11 is 0. The Morgan fingerprint density at radius 2 is 1.92 bits per heavy atom.